The molecule has 0 aliphatic rings. The van der Waals surface area contributed by atoms with Gasteiger partial charge in [0.25, 0.3) is 0 Å². The highest BCUT2D eigenvalue weighted by molar-refractivity contribution is 6.24. The van der Waals surface area contributed by atoms with Crippen molar-refractivity contribution in [3.05, 3.63) is 194 Å². The Morgan fingerprint density at radius 3 is 1.50 bits per heavy atom. The zero-order valence-electron chi connectivity index (χ0n) is 31.3. The first kappa shape index (κ1) is 31.5. The van der Waals surface area contributed by atoms with E-state index in [9.17, 15) is 0 Å². The summed E-state index contributed by atoms with van der Waals surface area (Å²) in [5.41, 5.74) is 10.8. The van der Waals surface area contributed by atoms with Crippen molar-refractivity contribution in [3.63, 3.8) is 0 Å². The fourth-order valence-electron chi connectivity index (χ4n) is 9.75. The Balaban J connectivity index is 0.924. The highest BCUT2D eigenvalue weighted by Crippen LogP contribution is 2.46. The van der Waals surface area contributed by atoms with Crippen LogP contribution in [0.1, 0.15) is 0 Å². The molecule has 0 radical (unpaired) electrons. The first-order valence-electron chi connectivity index (χ1n) is 19.9. The van der Waals surface area contributed by atoms with Gasteiger partial charge in [-0.2, -0.15) is 0 Å². The number of rotatable bonds is 3. The van der Waals surface area contributed by atoms with Crippen molar-refractivity contribution in [2.75, 3.05) is 0 Å². The Bertz CT molecular complexity index is 3800. The molecule has 0 aliphatic heterocycles. The van der Waals surface area contributed by atoms with Crippen LogP contribution in [0.4, 0.5) is 0 Å². The van der Waals surface area contributed by atoms with E-state index in [1.54, 1.807) is 0 Å². The maximum atomic E-state index is 6.59. The highest BCUT2D eigenvalue weighted by atomic mass is 16.3. The lowest BCUT2D eigenvalue weighted by Crippen LogP contribution is -1.91. The van der Waals surface area contributed by atoms with E-state index >= 15 is 0 Å². The van der Waals surface area contributed by atoms with Gasteiger partial charge in [-0.25, -0.2) is 0 Å². The van der Waals surface area contributed by atoms with Gasteiger partial charge in [-0.15, -0.1) is 0 Å². The Kier molecular flexibility index (Phi) is 6.47. The van der Waals surface area contributed by atoms with Crippen molar-refractivity contribution in [2.45, 2.75) is 0 Å². The van der Waals surface area contributed by atoms with Gasteiger partial charge in [-0.3, -0.25) is 0 Å². The summed E-state index contributed by atoms with van der Waals surface area (Å²) in [5.74, 6) is 0. The third-order valence-electron chi connectivity index (χ3n) is 12.4. The Labute approximate surface area is 332 Å². The van der Waals surface area contributed by atoms with E-state index in [1.807, 2.05) is 0 Å². The van der Waals surface area contributed by atoms with Crippen LogP contribution in [-0.4, -0.2) is 0 Å². The van der Waals surface area contributed by atoms with Gasteiger partial charge in [-0.05, 0) is 130 Å². The monoisotopic (exact) mass is 736 g/mol. The van der Waals surface area contributed by atoms with E-state index in [-0.39, 0.29) is 0 Å². The number of fused-ring (bicyclic) bond motifs is 12. The fraction of sp³-hybridized carbons (Fsp3) is 0. The number of hydrogen-bond donors (Lipinski definition) is 0. The summed E-state index contributed by atoms with van der Waals surface area (Å²) in [5, 5.41) is 16.7. The first-order valence-corrected chi connectivity index (χ1v) is 19.9. The first-order chi connectivity index (χ1) is 28.7. The zero-order chi connectivity index (χ0) is 37.9. The van der Waals surface area contributed by atoms with E-state index in [1.165, 1.54) is 76.1 Å². The number of furan rings is 2. The smallest absolute Gasteiger partial charge is 0.136 e. The molecule has 2 heterocycles. The molecular formula is C56H32O2. The highest BCUT2D eigenvalue weighted by Gasteiger charge is 2.19. The molecule has 13 rings (SSSR count). The molecule has 0 saturated carbocycles. The largest absolute Gasteiger partial charge is 0.456 e. The van der Waals surface area contributed by atoms with Gasteiger partial charge in [0, 0.05) is 21.5 Å². The average Bonchev–Trinajstić information content (AvgIpc) is 3.83. The molecule has 0 saturated heterocycles. The molecule has 0 amide bonds. The summed E-state index contributed by atoms with van der Waals surface area (Å²) in [7, 11) is 0. The van der Waals surface area contributed by atoms with E-state index in [0.717, 1.165) is 55.0 Å². The summed E-state index contributed by atoms with van der Waals surface area (Å²) >= 11 is 0. The van der Waals surface area contributed by atoms with Crippen molar-refractivity contribution in [2.24, 2.45) is 0 Å². The molecule has 2 heteroatoms. The zero-order valence-corrected chi connectivity index (χ0v) is 31.3. The molecule has 0 spiro atoms. The Morgan fingerprint density at radius 1 is 0.241 bits per heavy atom. The molecule has 268 valence electrons. The summed E-state index contributed by atoms with van der Waals surface area (Å²) in [6, 6.07) is 70.5. The summed E-state index contributed by atoms with van der Waals surface area (Å²) in [6.07, 6.45) is 0. The third kappa shape index (κ3) is 4.54. The van der Waals surface area contributed by atoms with Crippen molar-refractivity contribution < 1.29 is 8.83 Å². The SMILES string of the molecule is c1ccc2c(-c3c4ccccc4c(-c4ccc5cc(-c6ccc7c(c6)oc6cc8c(cc67)oc6ccc7ccccc7c68)ccc5c4)c4ccccc34)cccc2c1. The van der Waals surface area contributed by atoms with Crippen molar-refractivity contribution in [1.82, 2.24) is 0 Å². The van der Waals surface area contributed by atoms with Gasteiger partial charge in [0.2, 0.25) is 0 Å². The van der Waals surface area contributed by atoms with E-state index < -0.39 is 0 Å². The van der Waals surface area contributed by atoms with Crippen LogP contribution in [0.25, 0.3) is 131 Å². The topological polar surface area (TPSA) is 26.3 Å². The molecule has 13 aromatic rings. The van der Waals surface area contributed by atoms with Crippen LogP contribution in [0.2, 0.25) is 0 Å². The van der Waals surface area contributed by atoms with Crippen LogP contribution >= 0.6 is 0 Å². The molecule has 0 atom stereocenters. The lowest BCUT2D eigenvalue weighted by Gasteiger charge is -2.19. The predicted octanol–water partition coefficient (Wildman–Crippen LogP) is 16.3. The lowest BCUT2D eigenvalue weighted by molar-refractivity contribution is 0.664. The standard InChI is InChI=1S/C56H32O2/c1-3-13-40-33(10-1)12-9-19-43(40)55-46-17-7-5-15-44(46)54(45-16-6-8-18-47(45)55)39-23-22-35-28-36(20-21-37(35)29-39)38-24-26-42-48-31-53-49(32-52(48)58-51(42)30-38)56-41-14-4-2-11-34(41)25-27-50(56)57-53/h1-32H. The van der Waals surface area contributed by atoms with Gasteiger partial charge in [0.05, 0.1) is 0 Å². The normalized spacial score (nSPS) is 12.1. The second-order valence-corrected chi connectivity index (χ2v) is 15.6. The fourth-order valence-corrected chi connectivity index (χ4v) is 9.75. The van der Waals surface area contributed by atoms with Crippen LogP contribution in [0.15, 0.2) is 203 Å². The van der Waals surface area contributed by atoms with Gasteiger partial charge < -0.3 is 8.83 Å². The number of benzene rings is 11. The van der Waals surface area contributed by atoms with E-state index in [2.05, 4.69) is 194 Å². The summed E-state index contributed by atoms with van der Waals surface area (Å²) < 4.78 is 13.0. The van der Waals surface area contributed by atoms with Crippen LogP contribution in [0.3, 0.4) is 0 Å². The molecule has 0 aliphatic carbocycles. The van der Waals surface area contributed by atoms with Crippen LogP contribution < -0.4 is 0 Å². The van der Waals surface area contributed by atoms with Crippen molar-refractivity contribution in [1.29, 1.82) is 0 Å². The molecule has 0 bridgehead atoms. The molecule has 58 heavy (non-hydrogen) atoms. The molecule has 0 N–H and O–H groups in total. The lowest BCUT2D eigenvalue weighted by atomic mass is 9.84. The van der Waals surface area contributed by atoms with Gasteiger partial charge in [-0.1, -0.05) is 152 Å². The molecule has 0 fully saturated rings. The number of hydrogen-bond acceptors (Lipinski definition) is 2. The second kappa shape index (κ2) is 11.9. The van der Waals surface area contributed by atoms with E-state index in [0.29, 0.717) is 0 Å². The third-order valence-corrected chi connectivity index (χ3v) is 12.4. The molecule has 11 aromatic carbocycles. The maximum absolute atomic E-state index is 6.59. The minimum Gasteiger partial charge on any atom is -0.456 e. The average molecular weight is 737 g/mol. The maximum Gasteiger partial charge on any atom is 0.136 e. The van der Waals surface area contributed by atoms with Gasteiger partial charge >= 0.3 is 0 Å². The Hall–Kier alpha value is -7.68. The molecular weight excluding hydrogens is 705 g/mol. The van der Waals surface area contributed by atoms with Crippen LogP contribution in [0.5, 0.6) is 0 Å². The Morgan fingerprint density at radius 2 is 0.741 bits per heavy atom. The van der Waals surface area contributed by atoms with Crippen molar-refractivity contribution >= 4 is 97.7 Å². The van der Waals surface area contributed by atoms with E-state index in [4.69, 9.17) is 8.83 Å². The minimum absolute atomic E-state index is 0.867. The predicted molar refractivity (Wildman–Crippen MR) is 245 cm³/mol. The van der Waals surface area contributed by atoms with Gasteiger partial charge in [0.1, 0.15) is 22.3 Å². The van der Waals surface area contributed by atoms with Crippen LogP contribution in [-0.2, 0) is 0 Å². The molecule has 0 unspecified atom stereocenters. The summed E-state index contributed by atoms with van der Waals surface area (Å²) in [4.78, 5) is 0. The minimum atomic E-state index is 0.867. The van der Waals surface area contributed by atoms with Crippen molar-refractivity contribution in [3.8, 4) is 33.4 Å². The van der Waals surface area contributed by atoms with Crippen LogP contribution in [0, 0.1) is 0 Å². The van der Waals surface area contributed by atoms with Gasteiger partial charge in [0.15, 0.2) is 0 Å². The quantitative estimate of drug-likeness (QED) is 0.169. The second-order valence-electron chi connectivity index (χ2n) is 15.6. The summed E-state index contributed by atoms with van der Waals surface area (Å²) in [6.45, 7) is 0. The molecule has 2 aromatic heterocycles. The molecule has 2 nitrogen and oxygen atoms in total.